The number of unbranched alkanes of at least 4 members (excludes halogenated alkanes) is 4. The molecular weight excluding hydrogens is 224 g/mol. The van der Waals surface area contributed by atoms with Gasteiger partial charge in [-0.1, -0.05) is 58.3 Å². The van der Waals surface area contributed by atoms with Gasteiger partial charge in [-0.3, -0.25) is 4.79 Å². The molecule has 1 aliphatic rings. The van der Waals surface area contributed by atoms with E-state index in [4.69, 9.17) is 4.74 Å². The van der Waals surface area contributed by atoms with Crippen molar-refractivity contribution in [3.05, 3.63) is 0 Å². The van der Waals surface area contributed by atoms with Gasteiger partial charge in [0.2, 0.25) is 0 Å². The number of carbonyl (C=O) groups excluding carboxylic acids is 1. The van der Waals surface area contributed by atoms with E-state index in [-0.39, 0.29) is 0 Å². The molecule has 0 heterocycles. The van der Waals surface area contributed by atoms with Gasteiger partial charge in [0.05, 0.1) is 0 Å². The Hall–Kier alpha value is -0.370. The predicted molar refractivity (Wildman–Crippen MR) is 75.8 cm³/mol. The quantitative estimate of drug-likeness (QED) is 0.465. The fourth-order valence-electron chi connectivity index (χ4n) is 3.01. The van der Waals surface area contributed by atoms with E-state index in [1.54, 1.807) is 7.11 Å². The minimum absolute atomic E-state index is 0.364. The second-order valence-corrected chi connectivity index (χ2v) is 5.70. The topological polar surface area (TPSA) is 26.3 Å². The second-order valence-electron chi connectivity index (χ2n) is 5.70. The molecule has 0 amide bonds. The van der Waals surface area contributed by atoms with Gasteiger partial charge in [-0.2, -0.15) is 0 Å². The monoisotopic (exact) mass is 254 g/mol. The van der Waals surface area contributed by atoms with Crippen LogP contribution in [0.5, 0.6) is 0 Å². The molecule has 18 heavy (non-hydrogen) atoms. The second kappa shape index (κ2) is 8.68. The summed E-state index contributed by atoms with van der Waals surface area (Å²) in [7, 11) is 1.72. The van der Waals surface area contributed by atoms with E-state index in [0.717, 1.165) is 38.5 Å². The van der Waals surface area contributed by atoms with Crippen LogP contribution < -0.4 is 0 Å². The molecule has 2 heteroatoms. The Labute approximate surface area is 112 Å². The van der Waals surface area contributed by atoms with E-state index >= 15 is 0 Å². The van der Waals surface area contributed by atoms with E-state index in [0.29, 0.717) is 5.78 Å². The van der Waals surface area contributed by atoms with Crippen LogP contribution in [0.2, 0.25) is 0 Å². The van der Waals surface area contributed by atoms with Gasteiger partial charge in [0.1, 0.15) is 5.60 Å². The molecule has 0 saturated heterocycles. The Balaban J connectivity index is 2.35. The van der Waals surface area contributed by atoms with E-state index in [1.165, 1.54) is 38.5 Å². The van der Waals surface area contributed by atoms with Gasteiger partial charge in [-0.15, -0.1) is 0 Å². The number of ether oxygens (including phenoxy) is 1. The van der Waals surface area contributed by atoms with Crippen LogP contribution in [-0.2, 0) is 9.53 Å². The summed E-state index contributed by atoms with van der Waals surface area (Å²) in [6.07, 6.45) is 13.5. The smallest absolute Gasteiger partial charge is 0.164 e. The maximum absolute atomic E-state index is 12.4. The lowest BCUT2D eigenvalue weighted by atomic mass is 9.86. The summed E-state index contributed by atoms with van der Waals surface area (Å²) in [6.45, 7) is 2.22. The van der Waals surface area contributed by atoms with Crippen LogP contribution in [0.4, 0.5) is 0 Å². The van der Waals surface area contributed by atoms with Crippen LogP contribution in [-0.4, -0.2) is 18.5 Å². The molecule has 0 unspecified atom stereocenters. The SMILES string of the molecule is CCCCCCCC(=O)C1(OC)CCCCCC1. The van der Waals surface area contributed by atoms with Crippen molar-refractivity contribution in [1.29, 1.82) is 0 Å². The third-order valence-corrected chi connectivity index (χ3v) is 4.32. The molecule has 1 rings (SSSR count). The van der Waals surface area contributed by atoms with Gasteiger partial charge in [-0.05, 0) is 19.3 Å². The number of rotatable bonds is 8. The summed E-state index contributed by atoms with van der Waals surface area (Å²) in [6, 6.07) is 0. The highest BCUT2D eigenvalue weighted by molar-refractivity contribution is 5.87. The highest BCUT2D eigenvalue weighted by Gasteiger charge is 2.37. The Bertz CT molecular complexity index is 227. The summed E-state index contributed by atoms with van der Waals surface area (Å²) < 4.78 is 5.65. The fraction of sp³-hybridized carbons (Fsp3) is 0.938. The molecule has 1 fully saturated rings. The number of methoxy groups -OCH3 is 1. The highest BCUT2D eigenvalue weighted by atomic mass is 16.5. The fourth-order valence-corrected chi connectivity index (χ4v) is 3.01. The van der Waals surface area contributed by atoms with Crippen molar-refractivity contribution in [1.82, 2.24) is 0 Å². The van der Waals surface area contributed by atoms with E-state index in [1.807, 2.05) is 0 Å². The molecule has 0 radical (unpaired) electrons. The van der Waals surface area contributed by atoms with Gasteiger partial charge < -0.3 is 4.74 Å². The Morgan fingerprint density at radius 2 is 1.61 bits per heavy atom. The van der Waals surface area contributed by atoms with Crippen molar-refractivity contribution < 1.29 is 9.53 Å². The first-order valence-electron chi connectivity index (χ1n) is 7.83. The summed E-state index contributed by atoms with van der Waals surface area (Å²) >= 11 is 0. The number of carbonyl (C=O) groups is 1. The molecule has 1 saturated carbocycles. The summed E-state index contributed by atoms with van der Waals surface area (Å²) in [5, 5.41) is 0. The van der Waals surface area contributed by atoms with Crippen LogP contribution in [0.15, 0.2) is 0 Å². The van der Waals surface area contributed by atoms with Crippen LogP contribution >= 0.6 is 0 Å². The zero-order chi connectivity index (χ0) is 13.3. The van der Waals surface area contributed by atoms with E-state index < -0.39 is 5.60 Å². The van der Waals surface area contributed by atoms with Gasteiger partial charge in [0, 0.05) is 13.5 Å². The lowest BCUT2D eigenvalue weighted by molar-refractivity contribution is -0.143. The molecule has 0 aromatic rings. The first kappa shape index (κ1) is 15.7. The standard InChI is InChI=1S/C16H30O2/c1-3-4-5-6-9-12-15(17)16(18-2)13-10-7-8-11-14-16/h3-14H2,1-2H3. The highest BCUT2D eigenvalue weighted by Crippen LogP contribution is 2.32. The van der Waals surface area contributed by atoms with Crippen molar-refractivity contribution in [3.63, 3.8) is 0 Å². The third kappa shape index (κ3) is 4.72. The van der Waals surface area contributed by atoms with Gasteiger partial charge in [-0.25, -0.2) is 0 Å². The molecular formula is C16H30O2. The van der Waals surface area contributed by atoms with Gasteiger partial charge in [0.25, 0.3) is 0 Å². The molecule has 0 aromatic carbocycles. The molecule has 0 bridgehead atoms. The number of Topliss-reactive ketones (excluding diaryl/α,β-unsaturated/α-hetero) is 1. The van der Waals surface area contributed by atoms with Crippen molar-refractivity contribution in [2.45, 2.75) is 89.6 Å². The van der Waals surface area contributed by atoms with Crippen molar-refractivity contribution >= 4 is 5.78 Å². The molecule has 1 aliphatic carbocycles. The molecule has 2 nitrogen and oxygen atoms in total. The van der Waals surface area contributed by atoms with Crippen LogP contribution in [0.3, 0.4) is 0 Å². The lowest BCUT2D eigenvalue weighted by Gasteiger charge is -2.29. The molecule has 0 N–H and O–H groups in total. The number of hydrogen-bond acceptors (Lipinski definition) is 2. The molecule has 0 atom stereocenters. The average molecular weight is 254 g/mol. The van der Waals surface area contributed by atoms with Crippen LogP contribution in [0.25, 0.3) is 0 Å². The average Bonchev–Trinajstić information content (AvgIpc) is 2.64. The third-order valence-electron chi connectivity index (χ3n) is 4.32. The van der Waals surface area contributed by atoms with Crippen molar-refractivity contribution in [2.24, 2.45) is 0 Å². The van der Waals surface area contributed by atoms with Gasteiger partial charge in [0.15, 0.2) is 5.78 Å². The molecule has 0 aromatic heterocycles. The maximum atomic E-state index is 12.4. The minimum Gasteiger partial charge on any atom is -0.370 e. The van der Waals surface area contributed by atoms with E-state index in [9.17, 15) is 4.79 Å². The first-order chi connectivity index (χ1) is 8.75. The summed E-state index contributed by atoms with van der Waals surface area (Å²) in [4.78, 5) is 12.4. The largest absolute Gasteiger partial charge is 0.370 e. The lowest BCUT2D eigenvalue weighted by Crippen LogP contribution is -2.40. The molecule has 0 aliphatic heterocycles. The van der Waals surface area contributed by atoms with E-state index in [2.05, 4.69) is 6.92 Å². The van der Waals surface area contributed by atoms with Gasteiger partial charge >= 0.3 is 0 Å². The molecule has 0 spiro atoms. The summed E-state index contributed by atoms with van der Waals surface area (Å²) in [5.41, 5.74) is -0.429. The number of ketones is 1. The van der Waals surface area contributed by atoms with Crippen molar-refractivity contribution in [2.75, 3.05) is 7.11 Å². The summed E-state index contributed by atoms with van der Waals surface area (Å²) in [5.74, 6) is 0.364. The Kier molecular flexibility index (Phi) is 7.57. The minimum atomic E-state index is -0.429. The van der Waals surface area contributed by atoms with Crippen LogP contribution in [0, 0.1) is 0 Å². The van der Waals surface area contributed by atoms with Crippen molar-refractivity contribution in [3.8, 4) is 0 Å². The number of hydrogen-bond donors (Lipinski definition) is 0. The Morgan fingerprint density at radius 3 is 2.17 bits per heavy atom. The normalized spacial score (nSPS) is 19.4. The first-order valence-corrected chi connectivity index (χ1v) is 7.83. The zero-order valence-corrected chi connectivity index (χ0v) is 12.3. The zero-order valence-electron chi connectivity index (χ0n) is 12.3. The molecule has 106 valence electrons. The Morgan fingerprint density at radius 1 is 1.00 bits per heavy atom. The maximum Gasteiger partial charge on any atom is 0.164 e. The predicted octanol–water partition coefficient (Wildman–Crippen LogP) is 4.66. The van der Waals surface area contributed by atoms with Crippen LogP contribution in [0.1, 0.15) is 84.0 Å².